The van der Waals surface area contributed by atoms with Crippen molar-refractivity contribution in [3.63, 3.8) is 0 Å². The maximum atomic E-state index is 13.0. The molecule has 0 amide bonds. The summed E-state index contributed by atoms with van der Waals surface area (Å²) in [4.78, 5) is 1.90. The van der Waals surface area contributed by atoms with Crippen LogP contribution in [-0.4, -0.2) is 36.0 Å². The molecule has 1 aromatic rings. The highest BCUT2D eigenvalue weighted by molar-refractivity contribution is 5.58. The van der Waals surface area contributed by atoms with Gasteiger partial charge in [-0.15, -0.1) is 0 Å². The molecule has 0 saturated heterocycles. The fourth-order valence-corrected chi connectivity index (χ4v) is 1.92. The summed E-state index contributed by atoms with van der Waals surface area (Å²) in [5, 5.41) is 18.1. The Labute approximate surface area is 87.8 Å². The van der Waals surface area contributed by atoms with Crippen molar-refractivity contribution in [3.8, 4) is 0 Å². The summed E-state index contributed by atoms with van der Waals surface area (Å²) in [6.07, 6.45) is 0.104. The van der Waals surface area contributed by atoms with Crippen molar-refractivity contribution >= 4 is 5.69 Å². The first-order valence-corrected chi connectivity index (χ1v) is 5.03. The Kier molecular flexibility index (Phi) is 2.88. The molecule has 0 aromatic heterocycles. The Morgan fingerprint density at radius 1 is 1.47 bits per heavy atom. The number of β-amino-alcohol motifs (C(OH)–C–C–N with tert-alkyl or cyclic N) is 1. The number of rotatable bonds is 3. The van der Waals surface area contributed by atoms with Crippen LogP contribution < -0.4 is 4.90 Å². The second kappa shape index (κ2) is 4.16. The maximum Gasteiger partial charge on any atom is 0.125 e. The zero-order valence-electron chi connectivity index (χ0n) is 8.36. The van der Waals surface area contributed by atoms with Crippen molar-refractivity contribution in [1.29, 1.82) is 0 Å². The summed E-state index contributed by atoms with van der Waals surface area (Å²) in [5.74, 6) is -0.265. The highest BCUT2D eigenvalue weighted by atomic mass is 19.1. The van der Waals surface area contributed by atoms with E-state index < -0.39 is 6.10 Å². The molecule has 15 heavy (non-hydrogen) atoms. The van der Waals surface area contributed by atoms with E-state index in [1.807, 2.05) is 4.90 Å². The highest BCUT2D eigenvalue weighted by Crippen LogP contribution is 2.28. The fourth-order valence-electron chi connectivity index (χ4n) is 1.92. The van der Waals surface area contributed by atoms with Gasteiger partial charge in [0.15, 0.2) is 0 Å². The molecule has 1 aliphatic heterocycles. The largest absolute Gasteiger partial charge is 0.394 e. The third-order valence-electron chi connectivity index (χ3n) is 2.68. The Balaban J connectivity index is 2.16. The van der Waals surface area contributed by atoms with E-state index in [1.165, 1.54) is 12.1 Å². The number of nitrogens with zero attached hydrogens (tertiary/aromatic N) is 1. The van der Waals surface area contributed by atoms with Crippen LogP contribution in [0.25, 0.3) is 0 Å². The van der Waals surface area contributed by atoms with Crippen molar-refractivity contribution in [1.82, 2.24) is 0 Å². The average molecular weight is 211 g/mol. The molecule has 1 aliphatic rings. The third-order valence-corrected chi connectivity index (χ3v) is 2.68. The van der Waals surface area contributed by atoms with Crippen molar-refractivity contribution in [3.05, 3.63) is 29.6 Å². The van der Waals surface area contributed by atoms with E-state index >= 15 is 0 Å². The second-order valence-electron chi connectivity index (χ2n) is 3.81. The van der Waals surface area contributed by atoms with Gasteiger partial charge in [-0.05, 0) is 24.1 Å². The van der Waals surface area contributed by atoms with Gasteiger partial charge in [-0.1, -0.05) is 6.07 Å². The van der Waals surface area contributed by atoms with Crippen LogP contribution in [-0.2, 0) is 6.42 Å². The van der Waals surface area contributed by atoms with E-state index in [0.717, 1.165) is 24.2 Å². The summed E-state index contributed by atoms with van der Waals surface area (Å²) in [7, 11) is 0. The van der Waals surface area contributed by atoms with Crippen LogP contribution in [0, 0.1) is 5.82 Å². The van der Waals surface area contributed by atoms with Crippen molar-refractivity contribution in [2.45, 2.75) is 12.5 Å². The number of hydrogen-bond acceptors (Lipinski definition) is 3. The lowest BCUT2D eigenvalue weighted by molar-refractivity contribution is 0.100. The van der Waals surface area contributed by atoms with Crippen LogP contribution in [0.1, 0.15) is 5.56 Å². The Bertz CT molecular complexity index is 356. The van der Waals surface area contributed by atoms with E-state index in [4.69, 9.17) is 5.11 Å². The molecule has 1 heterocycles. The lowest BCUT2D eigenvalue weighted by Gasteiger charge is -2.21. The first-order chi connectivity index (χ1) is 7.20. The lowest BCUT2D eigenvalue weighted by Crippen LogP contribution is -2.33. The number of fused-ring (bicyclic) bond motifs is 1. The molecule has 0 saturated carbocycles. The molecule has 1 aromatic carbocycles. The van der Waals surface area contributed by atoms with Crippen LogP contribution in [0.5, 0.6) is 0 Å². The van der Waals surface area contributed by atoms with Crippen LogP contribution in [0.15, 0.2) is 18.2 Å². The minimum absolute atomic E-state index is 0.263. The number of aliphatic hydroxyl groups excluding tert-OH is 2. The standard InChI is InChI=1S/C11H14FNO2/c12-9-2-1-8-3-4-13(11(8)5-9)6-10(15)7-14/h1-2,5,10,14-15H,3-4,6-7H2. The normalized spacial score (nSPS) is 16.6. The molecule has 1 unspecified atom stereocenters. The van der Waals surface area contributed by atoms with Crippen molar-refractivity contribution in [2.24, 2.45) is 0 Å². The van der Waals surface area contributed by atoms with Crippen LogP contribution in [0.3, 0.4) is 0 Å². The summed E-state index contributed by atoms with van der Waals surface area (Å²) >= 11 is 0. The fraction of sp³-hybridized carbons (Fsp3) is 0.455. The van der Waals surface area contributed by atoms with Gasteiger partial charge in [0.2, 0.25) is 0 Å². The summed E-state index contributed by atoms with van der Waals surface area (Å²) in [6.45, 7) is 0.865. The van der Waals surface area contributed by atoms with E-state index in [2.05, 4.69) is 0 Å². The quantitative estimate of drug-likeness (QED) is 0.767. The Morgan fingerprint density at radius 3 is 3.00 bits per heavy atom. The molecule has 0 radical (unpaired) electrons. The minimum Gasteiger partial charge on any atom is -0.394 e. The van der Waals surface area contributed by atoms with Crippen LogP contribution in [0.4, 0.5) is 10.1 Å². The second-order valence-corrected chi connectivity index (χ2v) is 3.81. The van der Waals surface area contributed by atoms with E-state index in [1.54, 1.807) is 6.07 Å². The number of benzene rings is 1. The highest BCUT2D eigenvalue weighted by Gasteiger charge is 2.21. The SMILES string of the molecule is OCC(O)CN1CCc2ccc(F)cc21. The minimum atomic E-state index is -0.765. The van der Waals surface area contributed by atoms with Gasteiger partial charge in [0.25, 0.3) is 0 Å². The smallest absolute Gasteiger partial charge is 0.125 e. The summed E-state index contributed by atoms with van der Waals surface area (Å²) in [5.41, 5.74) is 1.93. The molecule has 4 heteroatoms. The molecule has 0 aliphatic carbocycles. The molecule has 0 fully saturated rings. The molecule has 82 valence electrons. The van der Waals surface area contributed by atoms with E-state index in [-0.39, 0.29) is 12.4 Å². The first kappa shape index (κ1) is 10.4. The van der Waals surface area contributed by atoms with Crippen molar-refractivity contribution < 1.29 is 14.6 Å². The molecule has 2 rings (SSSR count). The number of hydrogen-bond donors (Lipinski definition) is 2. The first-order valence-electron chi connectivity index (χ1n) is 5.03. The molecule has 2 N–H and O–H groups in total. The van der Waals surface area contributed by atoms with Crippen LogP contribution in [0.2, 0.25) is 0 Å². The third kappa shape index (κ3) is 2.11. The van der Waals surface area contributed by atoms with Gasteiger partial charge in [0.1, 0.15) is 5.82 Å². The Morgan fingerprint density at radius 2 is 2.27 bits per heavy atom. The van der Waals surface area contributed by atoms with E-state index in [0.29, 0.717) is 6.54 Å². The molecular formula is C11H14FNO2. The number of halogens is 1. The van der Waals surface area contributed by atoms with Gasteiger partial charge in [-0.2, -0.15) is 0 Å². The van der Waals surface area contributed by atoms with E-state index in [9.17, 15) is 9.50 Å². The zero-order valence-corrected chi connectivity index (χ0v) is 8.36. The van der Waals surface area contributed by atoms with Gasteiger partial charge in [0, 0.05) is 18.8 Å². The lowest BCUT2D eigenvalue weighted by atomic mass is 10.2. The van der Waals surface area contributed by atoms with Gasteiger partial charge in [0.05, 0.1) is 12.7 Å². The van der Waals surface area contributed by atoms with Gasteiger partial charge in [-0.25, -0.2) is 4.39 Å². The Hall–Kier alpha value is -1.13. The average Bonchev–Trinajstić information content (AvgIpc) is 2.61. The summed E-state index contributed by atoms with van der Waals surface area (Å²) < 4.78 is 13.0. The molecular weight excluding hydrogens is 197 g/mol. The number of aliphatic hydroxyl groups is 2. The van der Waals surface area contributed by atoms with Gasteiger partial charge >= 0.3 is 0 Å². The van der Waals surface area contributed by atoms with Gasteiger partial charge in [-0.3, -0.25) is 0 Å². The number of anilines is 1. The molecule has 0 bridgehead atoms. The molecule has 0 spiro atoms. The van der Waals surface area contributed by atoms with Crippen LogP contribution >= 0.6 is 0 Å². The molecule has 3 nitrogen and oxygen atoms in total. The summed E-state index contributed by atoms with van der Waals surface area (Å²) in [6, 6.07) is 4.70. The monoisotopic (exact) mass is 211 g/mol. The maximum absolute atomic E-state index is 13.0. The predicted octanol–water partition coefficient (Wildman–Crippen LogP) is 0.541. The molecule has 1 atom stereocenters. The van der Waals surface area contributed by atoms with Gasteiger partial charge < -0.3 is 15.1 Å². The predicted molar refractivity (Wildman–Crippen MR) is 55.4 cm³/mol. The van der Waals surface area contributed by atoms with Crippen molar-refractivity contribution in [2.75, 3.05) is 24.6 Å². The topological polar surface area (TPSA) is 43.7 Å². The zero-order chi connectivity index (χ0) is 10.8.